The lowest BCUT2D eigenvalue weighted by Gasteiger charge is -2.13. The first-order chi connectivity index (χ1) is 4.84. The third-order valence-corrected chi connectivity index (χ3v) is 1.82. The molecule has 1 saturated heterocycles. The molecule has 0 atom stereocenters. The lowest BCUT2D eigenvalue weighted by molar-refractivity contribution is -0.129. The van der Waals surface area contributed by atoms with Crippen LogP contribution in [0.5, 0.6) is 0 Å². The number of hydrogen-bond acceptors (Lipinski definition) is 2. The minimum absolute atomic E-state index is 0. The van der Waals surface area contributed by atoms with Crippen molar-refractivity contribution in [3.63, 3.8) is 0 Å². The highest BCUT2D eigenvalue weighted by atomic mass is 16.2. The molecular formula is C8H18N2O. The van der Waals surface area contributed by atoms with Gasteiger partial charge in [-0.3, -0.25) is 4.79 Å². The third kappa shape index (κ3) is 2.89. The van der Waals surface area contributed by atoms with E-state index in [0.29, 0.717) is 13.0 Å². The molecule has 0 saturated carbocycles. The number of carbonyl (C=O) groups excluding carboxylic acids is 1. The first-order valence-corrected chi connectivity index (χ1v) is 3.82. The van der Waals surface area contributed by atoms with Crippen LogP contribution in [-0.4, -0.2) is 30.4 Å². The highest BCUT2D eigenvalue weighted by molar-refractivity contribution is 5.76. The van der Waals surface area contributed by atoms with E-state index in [1.807, 2.05) is 4.90 Å². The Labute approximate surface area is 68.6 Å². The van der Waals surface area contributed by atoms with Gasteiger partial charge < -0.3 is 10.6 Å². The van der Waals surface area contributed by atoms with Gasteiger partial charge in [0.05, 0.1) is 0 Å². The lowest BCUT2D eigenvalue weighted by atomic mass is 10.4. The van der Waals surface area contributed by atoms with E-state index in [2.05, 4.69) is 0 Å². The highest BCUT2D eigenvalue weighted by Gasteiger charge is 2.15. The molecule has 2 N–H and O–H groups in total. The zero-order chi connectivity index (χ0) is 7.40. The van der Waals surface area contributed by atoms with Crippen molar-refractivity contribution in [3.05, 3.63) is 0 Å². The largest absolute Gasteiger partial charge is 0.343 e. The van der Waals surface area contributed by atoms with Crippen LogP contribution in [0.4, 0.5) is 0 Å². The van der Waals surface area contributed by atoms with Crippen molar-refractivity contribution in [2.45, 2.75) is 26.7 Å². The summed E-state index contributed by atoms with van der Waals surface area (Å²) < 4.78 is 0. The Hall–Kier alpha value is -0.570. The summed E-state index contributed by atoms with van der Waals surface area (Å²) in [6.07, 6.45) is 2.84. The zero-order valence-corrected chi connectivity index (χ0v) is 6.18. The first kappa shape index (κ1) is 10.4. The van der Waals surface area contributed by atoms with Gasteiger partial charge in [-0.15, -0.1) is 0 Å². The fourth-order valence-corrected chi connectivity index (χ4v) is 1.25. The molecule has 1 aliphatic rings. The normalized spacial score (nSPS) is 16.3. The number of nitrogens with two attached hydrogens (primary N) is 1. The second kappa shape index (κ2) is 5.13. The average molecular weight is 158 g/mol. The van der Waals surface area contributed by atoms with Crippen LogP contribution in [0.15, 0.2) is 0 Å². The molecule has 1 amide bonds. The smallest absolute Gasteiger partial charge is 0.223 e. The Morgan fingerprint density at radius 3 is 2.36 bits per heavy atom. The van der Waals surface area contributed by atoms with E-state index in [1.165, 1.54) is 0 Å². The molecule has 0 radical (unpaired) electrons. The summed E-state index contributed by atoms with van der Waals surface area (Å²) in [5.74, 6) is 0.222. The van der Waals surface area contributed by atoms with Gasteiger partial charge in [0.15, 0.2) is 0 Å². The zero-order valence-electron chi connectivity index (χ0n) is 6.18. The van der Waals surface area contributed by atoms with Gasteiger partial charge in [-0.1, -0.05) is 7.43 Å². The van der Waals surface area contributed by atoms with Crippen LogP contribution >= 0.6 is 0 Å². The quantitative estimate of drug-likeness (QED) is 0.639. The summed E-state index contributed by atoms with van der Waals surface area (Å²) in [7, 11) is 0. The van der Waals surface area contributed by atoms with Crippen LogP contribution in [0.3, 0.4) is 0 Å². The molecule has 0 aromatic heterocycles. The van der Waals surface area contributed by atoms with E-state index in [4.69, 9.17) is 5.73 Å². The van der Waals surface area contributed by atoms with Gasteiger partial charge in [-0.2, -0.15) is 0 Å². The molecular weight excluding hydrogens is 140 g/mol. The Balaban J connectivity index is 0.000001000. The van der Waals surface area contributed by atoms with Crippen molar-refractivity contribution in [2.24, 2.45) is 5.73 Å². The Morgan fingerprint density at radius 2 is 1.91 bits per heavy atom. The molecule has 0 aromatic rings. The second-order valence-electron chi connectivity index (χ2n) is 2.63. The second-order valence-corrected chi connectivity index (χ2v) is 2.63. The van der Waals surface area contributed by atoms with E-state index < -0.39 is 0 Å². The predicted octanol–water partition coefficient (Wildman–Crippen LogP) is 0.594. The Bertz CT molecular complexity index is 119. The number of carbonyl (C=O) groups is 1. The number of likely N-dealkylation sites (tertiary alicyclic amines) is 1. The molecule has 1 aliphatic heterocycles. The van der Waals surface area contributed by atoms with Crippen molar-refractivity contribution in [2.75, 3.05) is 19.6 Å². The van der Waals surface area contributed by atoms with Crippen molar-refractivity contribution in [1.29, 1.82) is 0 Å². The minimum Gasteiger partial charge on any atom is -0.343 e. The van der Waals surface area contributed by atoms with Gasteiger partial charge in [0.2, 0.25) is 5.91 Å². The molecule has 1 rings (SSSR count). The third-order valence-electron chi connectivity index (χ3n) is 1.82. The fraction of sp³-hybridized carbons (Fsp3) is 0.875. The SMILES string of the molecule is C.NCCC(=O)N1CCCC1. The molecule has 0 aliphatic carbocycles. The lowest BCUT2D eigenvalue weighted by Crippen LogP contribution is -2.29. The van der Waals surface area contributed by atoms with E-state index in [9.17, 15) is 4.79 Å². The van der Waals surface area contributed by atoms with E-state index >= 15 is 0 Å². The maximum absolute atomic E-state index is 11.1. The summed E-state index contributed by atoms with van der Waals surface area (Å²) in [4.78, 5) is 13.0. The summed E-state index contributed by atoms with van der Waals surface area (Å²) >= 11 is 0. The maximum atomic E-state index is 11.1. The Morgan fingerprint density at radius 1 is 1.36 bits per heavy atom. The van der Waals surface area contributed by atoms with E-state index in [0.717, 1.165) is 25.9 Å². The van der Waals surface area contributed by atoms with Gasteiger partial charge in [0.1, 0.15) is 0 Å². The topological polar surface area (TPSA) is 46.3 Å². The average Bonchev–Trinajstić information content (AvgIpc) is 2.38. The number of nitrogens with zero attached hydrogens (tertiary/aromatic N) is 1. The predicted molar refractivity (Wildman–Crippen MR) is 46.2 cm³/mol. The van der Waals surface area contributed by atoms with E-state index in [-0.39, 0.29) is 13.3 Å². The summed E-state index contributed by atoms with van der Waals surface area (Å²) in [5, 5.41) is 0. The summed E-state index contributed by atoms with van der Waals surface area (Å²) in [6, 6.07) is 0. The molecule has 1 fully saturated rings. The van der Waals surface area contributed by atoms with Crippen LogP contribution in [-0.2, 0) is 4.79 Å². The van der Waals surface area contributed by atoms with Crippen molar-refractivity contribution < 1.29 is 4.79 Å². The van der Waals surface area contributed by atoms with Crippen LogP contribution in [0, 0.1) is 0 Å². The molecule has 0 unspecified atom stereocenters. The highest BCUT2D eigenvalue weighted by Crippen LogP contribution is 2.07. The monoisotopic (exact) mass is 158 g/mol. The summed E-state index contributed by atoms with van der Waals surface area (Å²) in [6.45, 7) is 2.37. The molecule has 1 heterocycles. The molecule has 66 valence electrons. The van der Waals surface area contributed by atoms with Gasteiger partial charge in [-0.05, 0) is 12.8 Å². The first-order valence-electron chi connectivity index (χ1n) is 3.82. The van der Waals surface area contributed by atoms with Gasteiger partial charge in [-0.25, -0.2) is 0 Å². The van der Waals surface area contributed by atoms with Crippen LogP contribution in [0.2, 0.25) is 0 Å². The van der Waals surface area contributed by atoms with Gasteiger partial charge >= 0.3 is 0 Å². The van der Waals surface area contributed by atoms with Crippen molar-refractivity contribution in [1.82, 2.24) is 4.90 Å². The van der Waals surface area contributed by atoms with Crippen LogP contribution in [0.1, 0.15) is 26.7 Å². The molecule has 0 bridgehead atoms. The van der Waals surface area contributed by atoms with Gasteiger partial charge in [0.25, 0.3) is 0 Å². The van der Waals surface area contributed by atoms with E-state index in [1.54, 1.807) is 0 Å². The number of hydrogen-bond donors (Lipinski definition) is 1. The maximum Gasteiger partial charge on any atom is 0.223 e. The minimum atomic E-state index is 0. The summed E-state index contributed by atoms with van der Waals surface area (Å²) in [5.41, 5.74) is 5.25. The molecule has 0 aromatic carbocycles. The number of amides is 1. The van der Waals surface area contributed by atoms with Crippen LogP contribution < -0.4 is 5.73 Å². The fourth-order valence-electron chi connectivity index (χ4n) is 1.25. The van der Waals surface area contributed by atoms with Crippen LogP contribution in [0.25, 0.3) is 0 Å². The number of rotatable bonds is 2. The molecule has 0 spiro atoms. The molecule has 3 nitrogen and oxygen atoms in total. The molecule has 3 heteroatoms. The van der Waals surface area contributed by atoms with Crippen molar-refractivity contribution in [3.8, 4) is 0 Å². The molecule has 11 heavy (non-hydrogen) atoms. The van der Waals surface area contributed by atoms with Crippen molar-refractivity contribution >= 4 is 5.91 Å². The Kier molecular flexibility index (Phi) is 4.86. The standard InChI is InChI=1S/C7H14N2O.CH4/c8-4-3-7(10)9-5-1-2-6-9;/h1-6,8H2;1H4. The van der Waals surface area contributed by atoms with Gasteiger partial charge in [0, 0.05) is 26.1 Å².